The maximum Gasteiger partial charge on any atom is 0.100 e. The van der Waals surface area contributed by atoms with Crippen molar-refractivity contribution < 1.29 is 0 Å². The second kappa shape index (κ2) is 7.49. The van der Waals surface area contributed by atoms with Crippen molar-refractivity contribution in [2.75, 3.05) is 0 Å². The zero-order valence-electron chi connectivity index (χ0n) is 9.45. The zero-order valence-corrected chi connectivity index (χ0v) is 9.45. The predicted molar refractivity (Wildman–Crippen MR) is 64.2 cm³/mol. The van der Waals surface area contributed by atoms with E-state index in [1.165, 1.54) is 12.8 Å². The van der Waals surface area contributed by atoms with E-state index in [9.17, 15) is 0 Å². The van der Waals surface area contributed by atoms with E-state index in [-0.39, 0.29) is 0 Å². The molecule has 16 heavy (non-hydrogen) atoms. The van der Waals surface area contributed by atoms with Crippen molar-refractivity contribution in [3.63, 3.8) is 0 Å². The Morgan fingerprint density at radius 3 is 2.50 bits per heavy atom. The molecule has 2 heteroatoms. The van der Waals surface area contributed by atoms with E-state index in [4.69, 9.17) is 10.5 Å². The summed E-state index contributed by atoms with van der Waals surface area (Å²) in [5.41, 5.74) is 1.13. The first kappa shape index (κ1) is 12.3. The van der Waals surface area contributed by atoms with Gasteiger partial charge in [0.25, 0.3) is 0 Å². The van der Waals surface area contributed by atoms with Crippen LogP contribution >= 0.6 is 0 Å². The molecular weight excluding hydrogens is 196 g/mol. The van der Waals surface area contributed by atoms with Crippen LogP contribution in [0, 0.1) is 22.7 Å². The highest BCUT2D eigenvalue weighted by Gasteiger charge is 2.03. The molecule has 1 aliphatic carbocycles. The Morgan fingerprint density at radius 2 is 1.75 bits per heavy atom. The van der Waals surface area contributed by atoms with Crippen LogP contribution in [0.15, 0.2) is 35.5 Å². The summed E-state index contributed by atoms with van der Waals surface area (Å²) in [6.45, 7) is 0. The minimum Gasteiger partial charge on any atom is -0.193 e. The third-order valence-corrected chi connectivity index (χ3v) is 2.64. The molecule has 0 aliphatic heterocycles. The standard InChI is InChI=1S/C14H16N2/c15-11-13-9-7-5-3-1-2-4-6-8-10-14(13)12-16/h3,5,7,9H,1-2,4,6,8,10H2/b5-3-,9-7+,14-13-. The van der Waals surface area contributed by atoms with Gasteiger partial charge in [-0.1, -0.05) is 31.1 Å². The van der Waals surface area contributed by atoms with E-state index in [1.807, 2.05) is 12.2 Å². The highest BCUT2D eigenvalue weighted by molar-refractivity contribution is 5.44. The third-order valence-electron chi connectivity index (χ3n) is 2.64. The Kier molecular flexibility index (Phi) is 5.74. The zero-order chi connectivity index (χ0) is 11.6. The fourth-order valence-corrected chi connectivity index (χ4v) is 1.70. The molecule has 82 valence electrons. The molecule has 0 saturated heterocycles. The van der Waals surface area contributed by atoms with Gasteiger partial charge in [0.15, 0.2) is 0 Å². The summed E-state index contributed by atoms with van der Waals surface area (Å²) < 4.78 is 0. The molecule has 0 saturated carbocycles. The van der Waals surface area contributed by atoms with Crippen LogP contribution in [0.4, 0.5) is 0 Å². The predicted octanol–water partition coefficient (Wildman–Crippen LogP) is 3.80. The largest absolute Gasteiger partial charge is 0.193 e. The molecular formula is C14H16N2. The van der Waals surface area contributed by atoms with E-state index in [1.54, 1.807) is 6.08 Å². The maximum absolute atomic E-state index is 8.99. The average molecular weight is 212 g/mol. The first-order chi connectivity index (χ1) is 7.88. The van der Waals surface area contributed by atoms with Crippen LogP contribution in [0.5, 0.6) is 0 Å². The van der Waals surface area contributed by atoms with E-state index in [0.717, 1.165) is 25.7 Å². The van der Waals surface area contributed by atoms with E-state index in [0.29, 0.717) is 11.1 Å². The normalized spacial score (nSPS) is 26.6. The van der Waals surface area contributed by atoms with Crippen LogP contribution in [0.1, 0.15) is 38.5 Å². The molecule has 0 N–H and O–H groups in total. The molecule has 0 spiro atoms. The Labute approximate surface area is 97.2 Å². The second-order valence-electron chi connectivity index (χ2n) is 3.86. The van der Waals surface area contributed by atoms with Crippen molar-refractivity contribution in [3.05, 3.63) is 35.5 Å². The fraction of sp³-hybridized carbons (Fsp3) is 0.429. The fourth-order valence-electron chi connectivity index (χ4n) is 1.70. The number of hydrogen-bond acceptors (Lipinski definition) is 2. The molecule has 0 aromatic carbocycles. The summed E-state index contributed by atoms with van der Waals surface area (Å²) >= 11 is 0. The first-order valence-corrected chi connectivity index (χ1v) is 5.75. The number of nitriles is 2. The monoisotopic (exact) mass is 212 g/mol. The Hall–Kier alpha value is -1.80. The topological polar surface area (TPSA) is 47.6 Å². The molecule has 0 amide bonds. The van der Waals surface area contributed by atoms with Gasteiger partial charge in [-0.05, 0) is 31.8 Å². The highest BCUT2D eigenvalue weighted by Crippen LogP contribution is 2.15. The average Bonchev–Trinajstić information content (AvgIpc) is 2.30. The van der Waals surface area contributed by atoms with Gasteiger partial charge < -0.3 is 0 Å². The van der Waals surface area contributed by atoms with Gasteiger partial charge in [-0.15, -0.1) is 0 Å². The Morgan fingerprint density at radius 1 is 0.938 bits per heavy atom. The molecule has 0 unspecified atom stereocenters. The van der Waals surface area contributed by atoms with Gasteiger partial charge in [-0.3, -0.25) is 0 Å². The lowest BCUT2D eigenvalue weighted by Crippen LogP contribution is -1.88. The Balaban J connectivity index is 2.87. The highest BCUT2D eigenvalue weighted by atomic mass is 14.3. The lowest BCUT2D eigenvalue weighted by Gasteiger charge is -2.01. The summed E-state index contributed by atoms with van der Waals surface area (Å²) in [4.78, 5) is 0. The van der Waals surface area contributed by atoms with Gasteiger partial charge in [0.1, 0.15) is 6.07 Å². The number of allylic oxidation sites excluding steroid dienone is 6. The molecule has 0 aromatic rings. The molecule has 1 rings (SSSR count). The smallest absolute Gasteiger partial charge is 0.100 e. The maximum atomic E-state index is 8.99. The Bertz CT molecular complexity index is 386. The summed E-state index contributed by atoms with van der Waals surface area (Å²) in [6, 6.07) is 4.23. The summed E-state index contributed by atoms with van der Waals surface area (Å²) in [5.74, 6) is 0. The van der Waals surface area contributed by atoms with Gasteiger partial charge in [0, 0.05) is 5.57 Å². The van der Waals surface area contributed by atoms with Crippen LogP contribution in [0.2, 0.25) is 0 Å². The first-order valence-electron chi connectivity index (χ1n) is 5.75. The van der Waals surface area contributed by atoms with Crippen molar-refractivity contribution in [1.82, 2.24) is 0 Å². The minimum absolute atomic E-state index is 0.507. The van der Waals surface area contributed by atoms with Crippen molar-refractivity contribution >= 4 is 0 Å². The lowest BCUT2D eigenvalue weighted by molar-refractivity contribution is 0.647. The van der Waals surface area contributed by atoms with Crippen LogP contribution < -0.4 is 0 Å². The number of nitrogens with zero attached hydrogens (tertiary/aromatic N) is 2. The van der Waals surface area contributed by atoms with E-state index >= 15 is 0 Å². The van der Waals surface area contributed by atoms with Crippen LogP contribution in [0.25, 0.3) is 0 Å². The van der Waals surface area contributed by atoms with Crippen molar-refractivity contribution in [3.8, 4) is 12.1 Å². The van der Waals surface area contributed by atoms with Crippen molar-refractivity contribution in [1.29, 1.82) is 10.5 Å². The molecule has 0 aromatic heterocycles. The lowest BCUT2D eigenvalue weighted by atomic mass is 10.0. The number of rotatable bonds is 0. The molecule has 0 bridgehead atoms. The van der Waals surface area contributed by atoms with Gasteiger partial charge >= 0.3 is 0 Å². The van der Waals surface area contributed by atoms with E-state index < -0.39 is 0 Å². The SMILES string of the molecule is N#CC1=C(/C#N)CCCCCC\C=C/C=C/1. The summed E-state index contributed by atoms with van der Waals surface area (Å²) in [6.07, 6.45) is 14.0. The molecule has 0 atom stereocenters. The van der Waals surface area contributed by atoms with Gasteiger partial charge in [-0.2, -0.15) is 10.5 Å². The minimum atomic E-state index is 0.507. The molecule has 0 heterocycles. The van der Waals surface area contributed by atoms with Gasteiger partial charge in [-0.25, -0.2) is 0 Å². The van der Waals surface area contributed by atoms with Crippen LogP contribution in [-0.2, 0) is 0 Å². The number of hydrogen-bond donors (Lipinski definition) is 0. The van der Waals surface area contributed by atoms with Crippen LogP contribution in [0.3, 0.4) is 0 Å². The second-order valence-corrected chi connectivity index (χ2v) is 3.86. The van der Waals surface area contributed by atoms with E-state index in [2.05, 4.69) is 18.2 Å². The van der Waals surface area contributed by atoms with Gasteiger partial charge in [0.05, 0.1) is 11.6 Å². The molecule has 0 fully saturated rings. The molecule has 1 aliphatic rings. The van der Waals surface area contributed by atoms with Crippen molar-refractivity contribution in [2.45, 2.75) is 38.5 Å². The van der Waals surface area contributed by atoms with Crippen LogP contribution in [-0.4, -0.2) is 0 Å². The molecule has 0 radical (unpaired) electrons. The quantitative estimate of drug-likeness (QED) is 0.613. The van der Waals surface area contributed by atoms with Crippen molar-refractivity contribution in [2.24, 2.45) is 0 Å². The third kappa shape index (κ3) is 4.15. The summed E-state index contributed by atoms with van der Waals surface area (Å²) in [7, 11) is 0. The summed E-state index contributed by atoms with van der Waals surface area (Å²) in [5, 5.41) is 17.9. The molecule has 2 nitrogen and oxygen atoms in total. The van der Waals surface area contributed by atoms with Gasteiger partial charge in [0.2, 0.25) is 0 Å².